The van der Waals surface area contributed by atoms with Gasteiger partial charge in [0.25, 0.3) is 0 Å². The van der Waals surface area contributed by atoms with Gasteiger partial charge in [-0.15, -0.1) is 0 Å². The molecule has 2 N–H and O–H groups in total. The van der Waals surface area contributed by atoms with E-state index < -0.39 is 0 Å². The predicted octanol–water partition coefficient (Wildman–Crippen LogP) is 3.66. The number of carbonyl (C=O) groups excluding carboxylic acids is 2. The van der Waals surface area contributed by atoms with Gasteiger partial charge in [0.05, 0.1) is 11.9 Å². The van der Waals surface area contributed by atoms with Crippen molar-refractivity contribution in [3.05, 3.63) is 90.4 Å². The minimum atomic E-state index is -0.275. The number of carbonyl (C=O) groups is 2. The highest BCUT2D eigenvalue weighted by Gasteiger charge is 2.21. The van der Waals surface area contributed by atoms with E-state index in [1.54, 1.807) is 12.4 Å². The number of fused-ring (bicyclic) bond motifs is 1. The normalized spacial score (nSPS) is 14.1. The highest BCUT2D eigenvalue weighted by Crippen LogP contribution is 2.26. The lowest BCUT2D eigenvalue weighted by molar-refractivity contribution is -0.132. The third-order valence-corrected chi connectivity index (χ3v) is 6.57. The van der Waals surface area contributed by atoms with E-state index in [-0.39, 0.29) is 11.9 Å². The first kappa shape index (κ1) is 23.6. The standard InChI is InChI=1S/C28H30N6O2/c1-32-13-15-33(16-14-32)27(35)17-22-20-34(26-7-3-2-6-25(22)26)24-10-8-23(9-11-24)31-28(36)30-19-21-5-4-12-29-18-21/h2-12,18,20H,13-17,19H2,1H3,(H2,30,31,36). The minimum absolute atomic E-state index is 0.169. The molecule has 2 aromatic heterocycles. The van der Waals surface area contributed by atoms with E-state index in [9.17, 15) is 9.59 Å². The monoisotopic (exact) mass is 482 g/mol. The van der Waals surface area contributed by atoms with E-state index >= 15 is 0 Å². The van der Waals surface area contributed by atoms with E-state index in [1.807, 2.05) is 53.4 Å². The van der Waals surface area contributed by atoms with Crippen molar-refractivity contribution < 1.29 is 9.59 Å². The Kier molecular flexibility index (Phi) is 6.95. The molecule has 0 spiro atoms. The van der Waals surface area contributed by atoms with Gasteiger partial charge in [0.2, 0.25) is 5.91 Å². The van der Waals surface area contributed by atoms with E-state index in [0.29, 0.717) is 18.7 Å². The summed E-state index contributed by atoms with van der Waals surface area (Å²) >= 11 is 0. The average molecular weight is 483 g/mol. The number of pyridine rings is 1. The number of amides is 3. The number of anilines is 1. The second-order valence-corrected chi connectivity index (χ2v) is 9.12. The number of benzene rings is 2. The molecule has 4 aromatic rings. The Morgan fingerprint density at radius 3 is 2.47 bits per heavy atom. The number of hydrogen-bond donors (Lipinski definition) is 2. The third-order valence-electron chi connectivity index (χ3n) is 6.57. The Morgan fingerprint density at radius 1 is 0.944 bits per heavy atom. The molecular formula is C28H30N6O2. The van der Waals surface area contributed by atoms with Gasteiger partial charge < -0.3 is 25.0 Å². The molecule has 8 nitrogen and oxygen atoms in total. The third kappa shape index (κ3) is 5.39. The molecule has 0 radical (unpaired) electrons. The van der Waals surface area contributed by atoms with Crippen LogP contribution in [-0.2, 0) is 17.8 Å². The second kappa shape index (κ2) is 10.6. The molecule has 0 atom stereocenters. The Bertz CT molecular complexity index is 1340. The maximum absolute atomic E-state index is 13.0. The number of urea groups is 1. The first-order chi connectivity index (χ1) is 17.6. The van der Waals surface area contributed by atoms with E-state index in [0.717, 1.165) is 53.9 Å². The van der Waals surface area contributed by atoms with Crippen molar-refractivity contribution >= 4 is 28.5 Å². The zero-order valence-electron chi connectivity index (χ0n) is 20.4. The molecular weight excluding hydrogens is 452 g/mol. The van der Waals surface area contributed by atoms with Crippen molar-refractivity contribution in [3.63, 3.8) is 0 Å². The molecule has 8 heteroatoms. The molecule has 0 bridgehead atoms. The van der Waals surface area contributed by atoms with Crippen molar-refractivity contribution in [2.45, 2.75) is 13.0 Å². The number of likely N-dealkylation sites (N-methyl/N-ethyl adjacent to an activating group) is 1. The van der Waals surface area contributed by atoms with Gasteiger partial charge in [-0.1, -0.05) is 24.3 Å². The summed E-state index contributed by atoms with van der Waals surface area (Å²) in [6.07, 6.45) is 5.87. The van der Waals surface area contributed by atoms with Crippen molar-refractivity contribution in [1.82, 2.24) is 24.7 Å². The highest BCUT2D eigenvalue weighted by atomic mass is 16.2. The zero-order valence-corrected chi connectivity index (χ0v) is 20.4. The Balaban J connectivity index is 1.28. The van der Waals surface area contributed by atoms with Gasteiger partial charge >= 0.3 is 6.03 Å². The van der Waals surface area contributed by atoms with Crippen LogP contribution in [0, 0.1) is 0 Å². The molecule has 1 fully saturated rings. The van der Waals surface area contributed by atoms with Crippen LogP contribution in [0.4, 0.5) is 10.5 Å². The van der Waals surface area contributed by atoms with Gasteiger partial charge in [-0.2, -0.15) is 0 Å². The van der Waals surface area contributed by atoms with Crippen LogP contribution in [0.15, 0.2) is 79.3 Å². The average Bonchev–Trinajstić information content (AvgIpc) is 3.27. The number of nitrogens with one attached hydrogen (secondary N) is 2. The molecule has 1 saturated heterocycles. The first-order valence-electron chi connectivity index (χ1n) is 12.2. The second-order valence-electron chi connectivity index (χ2n) is 9.12. The molecule has 0 aliphatic carbocycles. The number of piperazine rings is 1. The summed E-state index contributed by atoms with van der Waals surface area (Å²) in [7, 11) is 2.09. The summed E-state index contributed by atoms with van der Waals surface area (Å²) in [5, 5.41) is 6.78. The topological polar surface area (TPSA) is 82.5 Å². The molecule has 1 aliphatic rings. The lowest BCUT2D eigenvalue weighted by atomic mass is 10.1. The van der Waals surface area contributed by atoms with Gasteiger partial charge in [0, 0.05) is 68.1 Å². The summed E-state index contributed by atoms with van der Waals surface area (Å²) in [6.45, 7) is 3.78. The summed E-state index contributed by atoms with van der Waals surface area (Å²) in [5.74, 6) is 0.169. The number of para-hydroxylation sites is 1. The fraction of sp³-hybridized carbons (Fsp3) is 0.250. The van der Waals surface area contributed by atoms with Crippen LogP contribution in [0.5, 0.6) is 0 Å². The first-order valence-corrected chi connectivity index (χ1v) is 12.2. The molecule has 36 heavy (non-hydrogen) atoms. The van der Waals surface area contributed by atoms with E-state index in [2.05, 4.69) is 50.5 Å². The Hall–Kier alpha value is -4.17. The van der Waals surface area contributed by atoms with Crippen LogP contribution >= 0.6 is 0 Å². The van der Waals surface area contributed by atoms with Crippen molar-refractivity contribution in [3.8, 4) is 5.69 Å². The summed E-state index contributed by atoms with van der Waals surface area (Å²) in [5.41, 5.74) is 4.67. The highest BCUT2D eigenvalue weighted by molar-refractivity contribution is 5.91. The number of rotatable bonds is 6. The van der Waals surface area contributed by atoms with Gasteiger partial charge in [0.15, 0.2) is 0 Å². The maximum atomic E-state index is 13.0. The SMILES string of the molecule is CN1CCN(C(=O)Cc2cn(-c3ccc(NC(=O)NCc4cccnc4)cc3)c3ccccc23)CC1. The molecule has 3 heterocycles. The van der Waals surface area contributed by atoms with Crippen LogP contribution in [0.3, 0.4) is 0 Å². The predicted molar refractivity (Wildman–Crippen MR) is 141 cm³/mol. The summed E-state index contributed by atoms with van der Waals surface area (Å²) < 4.78 is 2.11. The number of hydrogen-bond acceptors (Lipinski definition) is 4. The van der Waals surface area contributed by atoms with Crippen LogP contribution in [0.1, 0.15) is 11.1 Å². The van der Waals surface area contributed by atoms with Crippen molar-refractivity contribution in [2.24, 2.45) is 0 Å². The van der Waals surface area contributed by atoms with Crippen molar-refractivity contribution in [2.75, 3.05) is 38.5 Å². The molecule has 1 aliphatic heterocycles. The molecule has 0 saturated carbocycles. The van der Waals surface area contributed by atoms with Crippen molar-refractivity contribution in [1.29, 1.82) is 0 Å². The molecule has 5 rings (SSSR count). The molecule has 3 amide bonds. The van der Waals surface area contributed by atoms with E-state index in [4.69, 9.17) is 0 Å². The van der Waals surface area contributed by atoms with Gasteiger partial charge in [-0.3, -0.25) is 9.78 Å². The van der Waals surface area contributed by atoms with Gasteiger partial charge in [-0.05, 0) is 54.6 Å². The number of nitrogens with zero attached hydrogens (tertiary/aromatic N) is 4. The number of aromatic nitrogens is 2. The largest absolute Gasteiger partial charge is 0.340 e. The Morgan fingerprint density at radius 2 is 1.72 bits per heavy atom. The van der Waals surface area contributed by atoms with Crippen LogP contribution in [-0.4, -0.2) is 64.5 Å². The zero-order chi connectivity index (χ0) is 24.9. The lowest BCUT2D eigenvalue weighted by Crippen LogP contribution is -2.47. The summed E-state index contributed by atoms with van der Waals surface area (Å²) in [6, 6.07) is 19.3. The van der Waals surface area contributed by atoms with Crippen LogP contribution < -0.4 is 10.6 Å². The maximum Gasteiger partial charge on any atom is 0.319 e. The molecule has 0 unspecified atom stereocenters. The van der Waals surface area contributed by atoms with Crippen LogP contribution in [0.2, 0.25) is 0 Å². The molecule has 184 valence electrons. The van der Waals surface area contributed by atoms with Crippen LogP contribution in [0.25, 0.3) is 16.6 Å². The smallest absolute Gasteiger partial charge is 0.319 e. The fourth-order valence-corrected chi connectivity index (χ4v) is 4.50. The molecule has 2 aromatic carbocycles. The van der Waals surface area contributed by atoms with E-state index in [1.165, 1.54) is 0 Å². The van der Waals surface area contributed by atoms with Gasteiger partial charge in [-0.25, -0.2) is 4.79 Å². The Labute approximate surface area is 210 Å². The van der Waals surface area contributed by atoms with Gasteiger partial charge in [0.1, 0.15) is 0 Å². The lowest BCUT2D eigenvalue weighted by Gasteiger charge is -2.32. The minimum Gasteiger partial charge on any atom is -0.340 e. The quantitative estimate of drug-likeness (QED) is 0.439. The summed E-state index contributed by atoms with van der Waals surface area (Å²) in [4.78, 5) is 33.6. The fourth-order valence-electron chi connectivity index (χ4n) is 4.50.